The Balaban J connectivity index is 2.13. The van der Waals surface area contributed by atoms with Crippen LogP contribution in [0, 0.1) is 18.3 Å². The molecule has 6 nitrogen and oxygen atoms in total. The van der Waals surface area contributed by atoms with Crippen molar-refractivity contribution < 1.29 is 17.9 Å². The average Bonchev–Trinajstić information content (AvgIpc) is 2.98. The van der Waals surface area contributed by atoms with E-state index in [9.17, 15) is 13.2 Å². The Morgan fingerprint density at radius 1 is 1.22 bits per heavy atom. The van der Waals surface area contributed by atoms with Gasteiger partial charge in [0, 0.05) is 0 Å². The van der Waals surface area contributed by atoms with Gasteiger partial charge in [-0.05, 0) is 31.5 Å². The molecule has 2 aromatic heterocycles. The van der Waals surface area contributed by atoms with Crippen molar-refractivity contribution in [1.82, 2.24) is 19.7 Å². The molecule has 1 unspecified atom stereocenters. The SMILES string of the molecule is COc1nc(C)nc2c1c(CC#N)nn2C(C)c1ccc(C(F)(F)F)cc1. The van der Waals surface area contributed by atoms with Crippen LogP contribution in [0.4, 0.5) is 13.2 Å². The van der Waals surface area contributed by atoms with Crippen LogP contribution in [-0.4, -0.2) is 26.9 Å². The maximum atomic E-state index is 12.8. The second kappa shape index (κ2) is 6.87. The summed E-state index contributed by atoms with van der Waals surface area (Å²) in [5.74, 6) is 0.775. The maximum absolute atomic E-state index is 12.8. The van der Waals surface area contributed by atoms with E-state index in [1.807, 2.05) is 6.07 Å². The summed E-state index contributed by atoms with van der Waals surface area (Å²) in [4.78, 5) is 8.64. The summed E-state index contributed by atoms with van der Waals surface area (Å²) in [7, 11) is 1.47. The summed E-state index contributed by atoms with van der Waals surface area (Å²) in [6.45, 7) is 3.50. The van der Waals surface area contributed by atoms with Crippen LogP contribution in [0.5, 0.6) is 5.88 Å². The Morgan fingerprint density at radius 3 is 2.44 bits per heavy atom. The molecule has 9 heteroatoms. The molecule has 2 heterocycles. The fourth-order valence-corrected chi connectivity index (χ4v) is 2.89. The van der Waals surface area contributed by atoms with Gasteiger partial charge in [0.2, 0.25) is 5.88 Å². The van der Waals surface area contributed by atoms with Gasteiger partial charge in [-0.1, -0.05) is 12.1 Å². The first-order chi connectivity index (χ1) is 12.8. The molecule has 0 aliphatic heterocycles. The molecule has 3 rings (SSSR count). The number of benzene rings is 1. The van der Waals surface area contributed by atoms with Gasteiger partial charge < -0.3 is 4.74 Å². The number of aryl methyl sites for hydroxylation is 1. The largest absolute Gasteiger partial charge is 0.480 e. The lowest BCUT2D eigenvalue weighted by Crippen LogP contribution is -2.11. The van der Waals surface area contributed by atoms with E-state index in [-0.39, 0.29) is 6.42 Å². The molecule has 0 fully saturated rings. The fraction of sp³-hybridized carbons (Fsp3) is 0.333. The predicted molar refractivity (Wildman–Crippen MR) is 91.2 cm³/mol. The molecule has 0 amide bonds. The minimum absolute atomic E-state index is 0.0337. The van der Waals surface area contributed by atoms with Gasteiger partial charge in [0.1, 0.15) is 11.2 Å². The number of hydrogen-bond donors (Lipinski definition) is 0. The predicted octanol–water partition coefficient (Wildman–Crippen LogP) is 3.84. The Bertz CT molecular complexity index is 1020. The van der Waals surface area contributed by atoms with E-state index in [0.717, 1.165) is 12.1 Å². The van der Waals surface area contributed by atoms with E-state index in [0.29, 0.717) is 34.0 Å². The van der Waals surface area contributed by atoms with Crippen LogP contribution in [0.1, 0.15) is 35.6 Å². The van der Waals surface area contributed by atoms with Gasteiger partial charge in [-0.25, -0.2) is 9.67 Å². The minimum Gasteiger partial charge on any atom is -0.480 e. The van der Waals surface area contributed by atoms with Crippen molar-refractivity contribution in [2.45, 2.75) is 32.5 Å². The number of methoxy groups -OCH3 is 1. The Morgan fingerprint density at radius 2 is 1.89 bits per heavy atom. The van der Waals surface area contributed by atoms with Crippen molar-refractivity contribution in [3.05, 3.63) is 46.9 Å². The van der Waals surface area contributed by atoms with Gasteiger partial charge in [0.05, 0.1) is 36.9 Å². The third kappa shape index (κ3) is 3.43. The fourth-order valence-electron chi connectivity index (χ4n) is 2.89. The molecular formula is C18H16F3N5O. The number of fused-ring (bicyclic) bond motifs is 1. The quantitative estimate of drug-likeness (QED) is 0.693. The molecule has 27 heavy (non-hydrogen) atoms. The van der Waals surface area contributed by atoms with E-state index in [2.05, 4.69) is 15.1 Å². The molecule has 0 N–H and O–H groups in total. The molecule has 3 aromatic rings. The number of aromatic nitrogens is 4. The zero-order valence-corrected chi connectivity index (χ0v) is 14.9. The molecule has 0 bridgehead atoms. The summed E-state index contributed by atoms with van der Waals surface area (Å²) in [6.07, 6.45) is -4.36. The zero-order chi connectivity index (χ0) is 19.8. The molecule has 1 aromatic carbocycles. The third-order valence-corrected chi connectivity index (χ3v) is 4.23. The highest BCUT2D eigenvalue weighted by Crippen LogP contribution is 2.32. The molecule has 140 valence electrons. The van der Waals surface area contributed by atoms with Crippen LogP contribution in [0.25, 0.3) is 11.0 Å². The topological polar surface area (TPSA) is 76.6 Å². The number of rotatable bonds is 4. The normalized spacial score (nSPS) is 12.8. The van der Waals surface area contributed by atoms with Gasteiger partial charge in [0.15, 0.2) is 5.65 Å². The van der Waals surface area contributed by atoms with Crippen molar-refractivity contribution in [2.75, 3.05) is 7.11 Å². The number of nitrogens with zero attached hydrogens (tertiary/aromatic N) is 5. The number of nitriles is 1. The van der Waals surface area contributed by atoms with Gasteiger partial charge in [0.25, 0.3) is 0 Å². The van der Waals surface area contributed by atoms with E-state index >= 15 is 0 Å². The van der Waals surface area contributed by atoms with Crippen molar-refractivity contribution in [1.29, 1.82) is 5.26 Å². The molecule has 0 aliphatic carbocycles. The molecule has 0 spiro atoms. The van der Waals surface area contributed by atoms with Crippen molar-refractivity contribution in [2.24, 2.45) is 0 Å². The molecular weight excluding hydrogens is 359 g/mol. The summed E-state index contributed by atoms with van der Waals surface area (Å²) >= 11 is 0. The van der Waals surface area contributed by atoms with Crippen LogP contribution in [0.15, 0.2) is 24.3 Å². The first-order valence-corrected chi connectivity index (χ1v) is 8.10. The van der Waals surface area contributed by atoms with E-state index in [1.165, 1.54) is 19.2 Å². The monoisotopic (exact) mass is 375 g/mol. The van der Waals surface area contributed by atoms with Gasteiger partial charge >= 0.3 is 6.18 Å². The highest BCUT2D eigenvalue weighted by atomic mass is 19.4. The van der Waals surface area contributed by atoms with Gasteiger partial charge in [-0.3, -0.25) is 0 Å². The number of ether oxygens (including phenoxy) is 1. The Kier molecular flexibility index (Phi) is 4.74. The van der Waals surface area contributed by atoms with Crippen molar-refractivity contribution in [3.63, 3.8) is 0 Å². The van der Waals surface area contributed by atoms with Crippen molar-refractivity contribution in [3.8, 4) is 11.9 Å². The van der Waals surface area contributed by atoms with Crippen LogP contribution in [-0.2, 0) is 12.6 Å². The number of alkyl halides is 3. The van der Waals surface area contributed by atoms with E-state index < -0.39 is 17.8 Å². The lowest BCUT2D eigenvalue weighted by molar-refractivity contribution is -0.137. The Labute approximate surface area is 153 Å². The maximum Gasteiger partial charge on any atom is 0.416 e. The molecule has 0 radical (unpaired) electrons. The lowest BCUT2D eigenvalue weighted by Gasteiger charge is -2.15. The highest BCUT2D eigenvalue weighted by Gasteiger charge is 2.30. The standard InChI is InChI=1S/C18H16F3N5O/c1-10(12-4-6-13(7-5-12)18(19,20)21)26-16-15(14(25-26)8-9-22)17(27-3)24-11(2)23-16/h4-7,10H,8H2,1-3H3. The molecule has 0 saturated heterocycles. The molecule has 0 aliphatic rings. The van der Waals surface area contributed by atoms with Gasteiger partial charge in [-0.15, -0.1) is 0 Å². The number of hydrogen-bond acceptors (Lipinski definition) is 5. The van der Waals surface area contributed by atoms with Crippen LogP contribution in [0.2, 0.25) is 0 Å². The van der Waals surface area contributed by atoms with Crippen molar-refractivity contribution >= 4 is 11.0 Å². The average molecular weight is 375 g/mol. The second-order valence-corrected chi connectivity index (χ2v) is 6.00. The van der Waals surface area contributed by atoms with E-state index in [4.69, 9.17) is 10.00 Å². The van der Waals surface area contributed by atoms with Gasteiger partial charge in [-0.2, -0.15) is 28.5 Å². The summed E-state index contributed by atoms with van der Waals surface area (Å²) < 4.78 is 45.3. The van der Waals surface area contributed by atoms with E-state index in [1.54, 1.807) is 18.5 Å². The second-order valence-electron chi connectivity index (χ2n) is 6.00. The summed E-state index contributed by atoms with van der Waals surface area (Å²) in [6, 6.07) is 6.54. The third-order valence-electron chi connectivity index (χ3n) is 4.23. The lowest BCUT2D eigenvalue weighted by atomic mass is 10.1. The van der Waals surface area contributed by atoms with Crippen LogP contribution >= 0.6 is 0 Å². The smallest absolute Gasteiger partial charge is 0.416 e. The molecule has 0 saturated carbocycles. The van der Waals surface area contributed by atoms with Crippen LogP contribution in [0.3, 0.4) is 0 Å². The molecule has 1 atom stereocenters. The summed E-state index contributed by atoms with van der Waals surface area (Å²) in [5, 5.41) is 14.1. The first kappa shape index (κ1) is 18.6. The highest BCUT2D eigenvalue weighted by molar-refractivity contribution is 5.84. The van der Waals surface area contributed by atoms with Crippen LogP contribution < -0.4 is 4.74 Å². The summed E-state index contributed by atoms with van der Waals surface area (Å²) in [5.41, 5.74) is 0.847. The first-order valence-electron chi connectivity index (χ1n) is 8.10. The Hall–Kier alpha value is -3.15. The number of halogens is 3. The zero-order valence-electron chi connectivity index (χ0n) is 14.9. The minimum atomic E-state index is -4.39.